The van der Waals surface area contributed by atoms with Gasteiger partial charge in [-0.05, 0) is 43.2 Å². The molecule has 0 radical (unpaired) electrons. The van der Waals surface area contributed by atoms with E-state index < -0.39 is 0 Å². The van der Waals surface area contributed by atoms with Crippen LogP contribution in [0, 0.1) is 6.92 Å². The van der Waals surface area contributed by atoms with Gasteiger partial charge in [-0.25, -0.2) is 0 Å². The minimum Gasteiger partial charge on any atom is -0.348 e. The van der Waals surface area contributed by atoms with E-state index in [9.17, 15) is 4.79 Å². The van der Waals surface area contributed by atoms with Gasteiger partial charge in [0.25, 0.3) is 5.91 Å². The zero-order valence-corrected chi connectivity index (χ0v) is 15.1. The quantitative estimate of drug-likeness (QED) is 0.716. The van der Waals surface area contributed by atoms with E-state index in [1.165, 1.54) is 5.56 Å². The summed E-state index contributed by atoms with van der Waals surface area (Å²) in [5, 5.41) is 2.98. The summed E-state index contributed by atoms with van der Waals surface area (Å²) in [6, 6.07) is 20.0. The first-order chi connectivity index (χ1) is 12.7. The largest absolute Gasteiger partial charge is 0.348 e. The maximum Gasteiger partial charge on any atom is 0.253 e. The number of anilines is 2. The molecule has 0 unspecified atom stereocenters. The molecule has 3 aromatic rings. The number of nitrogens with zero attached hydrogens (tertiary/aromatic N) is 2. The van der Waals surface area contributed by atoms with Gasteiger partial charge < -0.3 is 10.2 Å². The van der Waals surface area contributed by atoms with Gasteiger partial charge in [-0.2, -0.15) is 0 Å². The second kappa shape index (κ2) is 8.30. The maximum atomic E-state index is 12.6. The van der Waals surface area contributed by atoms with Crippen molar-refractivity contribution in [2.75, 3.05) is 11.4 Å². The number of aryl methyl sites for hydroxylation is 1. The highest BCUT2D eigenvalue weighted by Crippen LogP contribution is 2.24. The van der Waals surface area contributed by atoms with Crippen LogP contribution < -0.4 is 10.2 Å². The number of hydrogen-bond acceptors (Lipinski definition) is 3. The number of pyridine rings is 1. The van der Waals surface area contributed by atoms with Crippen LogP contribution in [0.15, 0.2) is 73.1 Å². The molecule has 0 bridgehead atoms. The monoisotopic (exact) mass is 345 g/mol. The zero-order valence-electron chi connectivity index (χ0n) is 15.1. The van der Waals surface area contributed by atoms with E-state index in [0.29, 0.717) is 12.1 Å². The van der Waals surface area contributed by atoms with Gasteiger partial charge in [0.05, 0.1) is 17.4 Å². The van der Waals surface area contributed by atoms with Crippen molar-refractivity contribution in [3.05, 3.63) is 89.7 Å². The van der Waals surface area contributed by atoms with Crippen molar-refractivity contribution in [2.24, 2.45) is 0 Å². The Labute approximate surface area is 154 Å². The molecule has 26 heavy (non-hydrogen) atoms. The number of aromatic nitrogens is 1. The third-order valence-electron chi connectivity index (χ3n) is 4.38. The number of para-hydroxylation sites is 1. The van der Waals surface area contributed by atoms with E-state index in [2.05, 4.69) is 34.3 Å². The number of hydrogen-bond donors (Lipinski definition) is 1. The molecule has 0 aliphatic heterocycles. The summed E-state index contributed by atoms with van der Waals surface area (Å²) in [4.78, 5) is 19.0. The van der Waals surface area contributed by atoms with Crippen LogP contribution in [0.5, 0.6) is 0 Å². The van der Waals surface area contributed by atoms with Crippen LogP contribution in [0.25, 0.3) is 0 Å². The summed E-state index contributed by atoms with van der Waals surface area (Å²) in [7, 11) is 0. The summed E-state index contributed by atoms with van der Waals surface area (Å²) in [5.74, 6) is -0.119. The lowest BCUT2D eigenvalue weighted by Gasteiger charge is -2.23. The van der Waals surface area contributed by atoms with Gasteiger partial charge >= 0.3 is 0 Å². The van der Waals surface area contributed by atoms with Crippen LogP contribution in [0.1, 0.15) is 28.4 Å². The molecule has 0 atom stereocenters. The second-order valence-corrected chi connectivity index (χ2v) is 6.12. The first kappa shape index (κ1) is 17.7. The lowest BCUT2D eigenvalue weighted by molar-refractivity contribution is 0.0950. The van der Waals surface area contributed by atoms with Crippen molar-refractivity contribution in [1.29, 1.82) is 0 Å². The highest BCUT2D eigenvalue weighted by molar-refractivity contribution is 5.94. The SMILES string of the molecule is CCN(c1ccccc1)c1cncc(C(=O)NCc2ccccc2C)c1. The molecule has 0 saturated heterocycles. The number of carbonyl (C=O) groups excluding carboxylic acids is 1. The Morgan fingerprint density at radius 2 is 1.73 bits per heavy atom. The molecule has 1 aromatic heterocycles. The Morgan fingerprint density at radius 3 is 2.46 bits per heavy atom. The third-order valence-corrected chi connectivity index (χ3v) is 4.38. The molecule has 0 saturated carbocycles. The molecule has 132 valence electrons. The van der Waals surface area contributed by atoms with E-state index >= 15 is 0 Å². The first-order valence-corrected chi connectivity index (χ1v) is 8.79. The molecule has 4 heteroatoms. The number of amides is 1. The van der Waals surface area contributed by atoms with E-state index in [0.717, 1.165) is 23.5 Å². The van der Waals surface area contributed by atoms with E-state index in [-0.39, 0.29) is 5.91 Å². The van der Waals surface area contributed by atoms with Crippen LogP contribution in [-0.4, -0.2) is 17.4 Å². The molecular weight excluding hydrogens is 322 g/mol. The lowest BCUT2D eigenvalue weighted by Crippen LogP contribution is -2.24. The predicted molar refractivity (Wildman–Crippen MR) is 106 cm³/mol. The van der Waals surface area contributed by atoms with Crippen LogP contribution in [0.3, 0.4) is 0 Å². The summed E-state index contributed by atoms with van der Waals surface area (Å²) < 4.78 is 0. The Kier molecular flexibility index (Phi) is 5.64. The molecule has 0 aliphatic carbocycles. The highest BCUT2D eigenvalue weighted by atomic mass is 16.1. The molecule has 0 fully saturated rings. The van der Waals surface area contributed by atoms with Gasteiger partial charge in [0.1, 0.15) is 0 Å². The number of carbonyl (C=O) groups is 1. The molecule has 1 amide bonds. The molecule has 1 heterocycles. The van der Waals surface area contributed by atoms with Gasteiger partial charge in [0, 0.05) is 25.0 Å². The second-order valence-electron chi connectivity index (χ2n) is 6.12. The minimum absolute atomic E-state index is 0.119. The van der Waals surface area contributed by atoms with Crippen molar-refractivity contribution >= 4 is 17.3 Å². The van der Waals surface area contributed by atoms with E-state index in [1.807, 2.05) is 55.5 Å². The fourth-order valence-corrected chi connectivity index (χ4v) is 2.91. The topological polar surface area (TPSA) is 45.2 Å². The predicted octanol–water partition coefficient (Wildman–Crippen LogP) is 4.48. The summed E-state index contributed by atoms with van der Waals surface area (Å²) >= 11 is 0. The van der Waals surface area contributed by atoms with Crippen molar-refractivity contribution in [2.45, 2.75) is 20.4 Å². The molecular formula is C22H23N3O. The Bertz CT molecular complexity index is 877. The summed E-state index contributed by atoms with van der Waals surface area (Å²) in [6.45, 7) is 5.42. The normalized spacial score (nSPS) is 10.4. The van der Waals surface area contributed by atoms with Gasteiger partial charge in [-0.3, -0.25) is 9.78 Å². The third kappa shape index (κ3) is 4.09. The Hall–Kier alpha value is -3.14. The first-order valence-electron chi connectivity index (χ1n) is 8.79. The Morgan fingerprint density at radius 1 is 1.00 bits per heavy atom. The maximum absolute atomic E-state index is 12.6. The minimum atomic E-state index is -0.119. The van der Waals surface area contributed by atoms with E-state index in [4.69, 9.17) is 0 Å². The van der Waals surface area contributed by atoms with Gasteiger partial charge in [-0.15, -0.1) is 0 Å². The van der Waals surface area contributed by atoms with Crippen molar-refractivity contribution in [3.63, 3.8) is 0 Å². The lowest BCUT2D eigenvalue weighted by atomic mass is 10.1. The Balaban J connectivity index is 1.76. The summed E-state index contributed by atoms with van der Waals surface area (Å²) in [6.07, 6.45) is 3.39. The van der Waals surface area contributed by atoms with E-state index in [1.54, 1.807) is 12.4 Å². The summed E-state index contributed by atoms with van der Waals surface area (Å²) in [5.41, 5.74) is 4.83. The van der Waals surface area contributed by atoms with Gasteiger partial charge in [-0.1, -0.05) is 42.5 Å². The molecule has 0 spiro atoms. The zero-order chi connectivity index (χ0) is 18.4. The van der Waals surface area contributed by atoms with Crippen LogP contribution in [0.2, 0.25) is 0 Å². The van der Waals surface area contributed by atoms with Crippen LogP contribution in [-0.2, 0) is 6.54 Å². The van der Waals surface area contributed by atoms with Crippen LogP contribution in [0.4, 0.5) is 11.4 Å². The number of benzene rings is 2. The molecule has 4 nitrogen and oxygen atoms in total. The van der Waals surface area contributed by atoms with Gasteiger partial charge in [0.2, 0.25) is 0 Å². The van der Waals surface area contributed by atoms with Crippen molar-refractivity contribution in [1.82, 2.24) is 10.3 Å². The number of nitrogens with one attached hydrogen (secondary N) is 1. The molecule has 0 aliphatic rings. The standard InChI is InChI=1S/C22H23N3O/c1-3-25(20-11-5-4-6-12-20)21-13-19(14-23-16-21)22(26)24-15-18-10-8-7-9-17(18)2/h4-14,16H,3,15H2,1-2H3,(H,24,26). The van der Waals surface area contributed by atoms with Gasteiger partial charge in [0.15, 0.2) is 0 Å². The number of rotatable bonds is 6. The fourth-order valence-electron chi connectivity index (χ4n) is 2.91. The fraction of sp³-hybridized carbons (Fsp3) is 0.182. The molecule has 3 rings (SSSR count). The molecule has 2 aromatic carbocycles. The molecule has 1 N–H and O–H groups in total. The average molecular weight is 345 g/mol. The van der Waals surface area contributed by atoms with Crippen molar-refractivity contribution in [3.8, 4) is 0 Å². The highest BCUT2D eigenvalue weighted by Gasteiger charge is 2.12. The average Bonchev–Trinajstić information content (AvgIpc) is 2.69. The smallest absolute Gasteiger partial charge is 0.253 e. The van der Waals surface area contributed by atoms with Crippen molar-refractivity contribution < 1.29 is 4.79 Å². The van der Waals surface area contributed by atoms with Crippen LogP contribution >= 0.6 is 0 Å².